The maximum atomic E-state index is 13.7. The van der Waals surface area contributed by atoms with Gasteiger partial charge in [-0.2, -0.15) is 0 Å². The van der Waals surface area contributed by atoms with Crippen LogP contribution in [-0.4, -0.2) is 108 Å². The van der Waals surface area contributed by atoms with Crippen LogP contribution in [0, 0.1) is 6.92 Å². The predicted molar refractivity (Wildman–Crippen MR) is 200 cm³/mol. The molecule has 0 radical (unpaired) electrons. The van der Waals surface area contributed by atoms with Crippen LogP contribution in [0.2, 0.25) is 0 Å². The summed E-state index contributed by atoms with van der Waals surface area (Å²) in [5.74, 6) is -1.92. The van der Waals surface area contributed by atoms with Gasteiger partial charge in [0.15, 0.2) is 12.2 Å². The zero-order chi connectivity index (χ0) is 41.8. The lowest BCUT2D eigenvalue weighted by molar-refractivity contribution is -0.198. The summed E-state index contributed by atoms with van der Waals surface area (Å²) >= 11 is 0. The number of ether oxygens (including phenoxy) is 6. The first-order valence-corrected chi connectivity index (χ1v) is 19.0. The van der Waals surface area contributed by atoms with Crippen LogP contribution in [0.5, 0.6) is 5.75 Å². The van der Waals surface area contributed by atoms with Gasteiger partial charge in [-0.1, -0.05) is 6.07 Å². The largest absolute Gasteiger partial charge is 0.509 e. The van der Waals surface area contributed by atoms with Crippen LogP contribution in [0.3, 0.4) is 0 Å². The van der Waals surface area contributed by atoms with Gasteiger partial charge >= 0.3 is 24.2 Å². The molecule has 2 aliphatic carbocycles. The van der Waals surface area contributed by atoms with Crippen LogP contribution >= 0.6 is 0 Å². The van der Waals surface area contributed by atoms with E-state index in [2.05, 4.69) is 15.5 Å². The Morgan fingerprint density at radius 1 is 0.875 bits per heavy atom. The van der Waals surface area contributed by atoms with Crippen molar-refractivity contribution >= 4 is 36.1 Å². The van der Waals surface area contributed by atoms with Crippen molar-refractivity contribution in [3.8, 4) is 5.75 Å². The molecular formula is C40H57N3O13. The second kappa shape index (κ2) is 17.1. The number of allylic oxidation sites excluding steroid dienone is 1. The third-order valence-corrected chi connectivity index (χ3v) is 10.2. The van der Waals surface area contributed by atoms with Crippen molar-refractivity contribution in [3.63, 3.8) is 0 Å². The number of hydrogen-bond acceptors (Lipinski definition) is 14. The predicted octanol–water partition coefficient (Wildman–Crippen LogP) is 4.39. The first-order valence-electron chi connectivity index (χ1n) is 19.0. The molecule has 0 aromatic heterocycles. The second-order valence-electron chi connectivity index (χ2n) is 16.7. The van der Waals surface area contributed by atoms with Crippen LogP contribution in [0.25, 0.3) is 0 Å². The number of amides is 2. The number of esters is 2. The van der Waals surface area contributed by atoms with E-state index in [1.807, 2.05) is 20.0 Å². The molecule has 1 heterocycles. The summed E-state index contributed by atoms with van der Waals surface area (Å²) in [7, 11) is 1.97. The van der Waals surface area contributed by atoms with Gasteiger partial charge in [0, 0.05) is 31.3 Å². The maximum Gasteiger partial charge on any atom is 0.509 e. The molecule has 4 rings (SSSR count). The number of phenols is 1. The molecule has 0 saturated carbocycles. The summed E-state index contributed by atoms with van der Waals surface area (Å²) in [6, 6.07) is 3.28. The highest BCUT2D eigenvalue weighted by Crippen LogP contribution is 2.61. The molecule has 1 aromatic carbocycles. The van der Waals surface area contributed by atoms with Crippen LogP contribution in [0.4, 0.5) is 9.59 Å². The number of carbonyl (C=O) groups excluding carboxylic acids is 6. The molecule has 310 valence electrons. The highest BCUT2D eigenvalue weighted by molar-refractivity contribution is 5.83. The lowest BCUT2D eigenvalue weighted by atomic mass is 9.49. The van der Waals surface area contributed by atoms with E-state index in [1.165, 1.54) is 13.8 Å². The summed E-state index contributed by atoms with van der Waals surface area (Å²) in [4.78, 5) is 78.1. The quantitative estimate of drug-likeness (QED) is 0.199. The number of hydrogen-bond donors (Lipinski definition) is 3. The number of fused-ring (bicyclic) bond motifs is 1. The highest BCUT2D eigenvalue weighted by Gasteiger charge is 2.67. The van der Waals surface area contributed by atoms with Crippen molar-refractivity contribution in [2.45, 2.75) is 141 Å². The number of likely N-dealkylation sites (N-methyl/N-ethyl adjacent to an activating group) is 1. The molecule has 1 aromatic rings. The lowest BCUT2D eigenvalue weighted by Gasteiger charge is -2.64. The van der Waals surface area contributed by atoms with Crippen molar-refractivity contribution in [3.05, 3.63) is 40.7 Å². The molecular weight excluding hydrogens is 730 g/mol. The SMILES string of the molecule is Cc1c(O)ccc2c1[C@]13CCN(C)[C@H](C2)[C@]1(OC(=O)CCNC(=O)[C@H](C)OC(=O)OC(C)(C)C)CC=C(OC(=O)CCNC(=O)[C@H](C)OC(=O)OC(C)(C)C)C3. The molecule has 3 N–H and O–H groups in total. The number of phenolic OH excluding ortho intramolecular Hbond substituents is 1. The van der Waals surface area contributed by atoms with Crippen molar-refractivity contribution in [2.75, 3.05) is 26.7 Å². The zero-order valence-electron chi connectivity index (χ0n) is 34.1. The number of nitrogens with one attached hydrogen (secondary N) is 2. The number of nitrogens with zero attached hydrogens (tertiary/aromatic N) is 1. The van der Waals surface area contributed by atoms with Gasteiger partial charge in [-0.3, -0.25) is 24.1 Å². The Morgan fingerprint density at radius 3 is 1.95 bits per heavy atom. The van der Waals surface area contributed by atoms with E-state index in [0.29, 0.717) is 30.7 Å². The molecule has 1 fully saturated rings. The Balaban J connectivity index is 1.47. The third-order valence-electron chi connectivity index (χ3n) is 10.2. The molecule has 5 atom stereocenters. The average Bonchev–Trinajstić information content (AvgIpc) is 3.06. The van der Waals surface area contributed by atoms with Crippen LogP contribution < -0.4 is 10.6 Å². The molecule has 1 saturated heterocycles. The molecule has 0 spiro atoms. The van der Waals surface area contributed by atoms with E-state index in [-0.39, 0.29) is 50.6 Å². The molecule has 1 aliphatic heterocycles. The lowest BCUT2D eigenvalue weighted by Crippen LogP contribution is -2.73. The Hall–Kier alpha value is -4.86. The summed E-state index contributed by atoms with van der Waals surface area (Å²) in [5.41, 5.74) is -1.10. The molecule has 16 heteroatoms. The van der Waals surface area contributed by atoms with Gasteiger partial charge in [-0.05, 0) is 118 Å². The number of rotatable bonds is 12. The number of piperidine rings is 1. The molecule has 2 bridgehead atoms. The Labute approximate surface area is 327 Å². The fraction of sp³-hybridized carbons (Fsp3) is 0.650. The standard InChI is InChI=1S/C40H57N3O13/c1-23-28(44)12-11-26-21-29-40(54-31(46)15-19-42-34(48)25(3)52-36(50)56-38(7,8)9)16-13-27(22-39(40,32(23)26)17-20-43(29)10)53-30(45)14-18-41-33(47)24(2)51-35(49)55-37(4,5)6/h11-13,24-25,29,44H,14-22H2,1-10H3,(H,41,47)(H,42,48)/t24-,25-,29+,39+,40+/m0/s1. The van der Waals surface area contributed by atoms with E-state index in [1.54, 1.807) is 53.7 Å². The van der Waals surface area contributed by atoms with Crippen molar-refractivity contribution in [1.82, 2.24) is 15.5 Å². The summed E-state index contributed by atoms with van der Waals surface area (Å²) in [5, 5.41) is 16.1. The monoisotopic (exact) mass is 787 g/mol. The Kier molecular flexibility index (Phi) is 13.4. The van der Waals surface area contributed by atoms with Crippen LogP contribution in [-0.2, 0) is 59.4 Å². The molecule has 16 nitrogen and oxygen atoms in total. The fourth-order valence-electron chi connectivity index (χ4n) is 7.70. The Bertz CT molecular complexity index is 1730. The Morgan fingerprint density at radius 2 is 1.41 bits per heavy atom. The van der Waals surface area contributed by atoms with Crippen LogP contribution in [0.15, 0.2) is 24.0 Å². The number of aromatic hydroxyl groups is 1. The third kappa shape index (κ3) is 10.3. The van der Waals surface area contributed by atoms with Gasteiger partial charge in [-0.15, -0.1) is 0 Å². The van der Waals surface area contributed by atoms with E-state index >= 15 is 0 Å². The van der Waals surface area contributed by atoms with Gasteiger partial charge in [0.25, 0.3) is 11.8 Å². The number of likely N-dealkylation sites (tertiary alicyclic amines) is 1. The number of benzene rings is 1. The first-order chi connectivity index (χ1) is 26.0. The zero-order valence-corrected chi connectivity index (χ0v) is 34.1. The van der Waals surface area contributed by atoms with Gasteiger partial charge in [-0.25, -0.2) is 9.59 Å². The minimum absolute atomic E-state index is 0.0786. The average molecular weight is 788 g/mol. The van der Waals surface area contributed by atoms with Crippen molar-refractivity contribution in [1.29, 1.82) is 0 Å². The van der Waals surface area contributed by atoms with Gasteiger partial charge in [0.1, 0.15) is 28.3 Å². The normalized spacial score (nSPS) is 22.8. The summed E-state index contributed by atoms with van der Waals surface area (Å²) < 4.78 is 32.7. The smallest absolute Gasteiger partial charge is 0.508 e. The van der Waals surface area contributed by atoms with Crippen LogP contribution in [0.1, 0.15) is 104 Å². The van der Waals surface area contributed by atoms with Gasteiger partial charge < -0.3 is 44.2 Å². The minimum atomic E-state index is -1.16. The number of carbonyl (C=O) groups is 6. The summed E-state index contributed by atoms with van der Waals surface area (Å²) in [6.45, 7) is 15.1. The topological polar surface area (TPSA) is 205 Å². The van der Waals surface area contributed by atoms with Gasteiger partial charge in [0.2, 0.25) is 0 Å². The maximum absolute atomic E-state index is 13.7. The van der Waals surface area contributed by atoms with E-state index in [0.717, 1.165) is 11.1 Å². The molecule has 0 unspecified atom stereocenters. The summed E-state index contributed by atoms with van der Waals surface area (Å²) in [6.07, 6.45) is -1.44. The highest BCUT2D eigenvalue weighted by atomic mass is 16.7. The van der Waals surface area contributed by atoms with Crippen molar-refractivity contribution in [2.24, 2.45) is 0 Å². The van der Waals surface area contributed by atoms with E-state index in [4.69, 9.17) is 28.4 Å². The van der Waals surface area contributed by atoms with E-state index in [9.17, 15) is 33.9 Å². The molecule has 3 aliphatic rings. The minimum Gasteiger partial charge on any atom is -0.508 e. The second-order valence-corrected chi connectivity index (χ2v) is 16.7. The fourth-order valence-corrected chi connectivity index (χ4v) is 7.70. The van der Waals surface area contributed by atoms with Gasteiger partial charge in [0.05, 0.1) is 18.9 Å². The molecule has 56 heavy (non-hydrogen) atoms. The molecule has 2 amide bonds. The first kappa shape index (κ1) is 43.9. The van der Waals surface area contributed by atoms with E-state index < -0.39 is 70.5 Å². The van der Waals surface area contributed by atoms with Crippen molar-refractivity contribution < 1.29 is 62.3 Å².